The van der Waals surface area contributed by atoms with Gasteiger partial charge in [0.15, 0.2) is 0 Å². The molecule has 0 unspecified atom stereocenters. The van der Waals surface area contributed by atoms with E-state index in [1.165, 1.54) is 0 Å². The Labute approximate surface area is 88.4 Å². The Bertz CT molecular complexity index is 423. The molecule has 0 saturated carbocycles. The Morgan fingerprint density at radius 1 is 1.33 bits per heavy atom. The largest absolute Gasteiger partial charge is 0.467 e. The van der Waals surface area contributed by atoms with Gasteiger partial charge in [-0.2, -0.15) is 0 Å². The molecule has 15 heavy (non-hydrogen) atoms. The van der Waals surface area contributed by atoms with Gasteiger partial charge in [0.1, 0.15) is 11.9 Å². The minimum atomic E-state index is -0.616. The number of aliphatic hydroxyl groups excluding tert-OH is 1. The summed E-state index contributed by atoms with van der Waals surface area (Å²) in [4.78, 5) is 4.32. The third-order valence-corrected chi connectivity index (χ3v) is 2.22. The van der Waals surface area contributed by atoms with Gasteiger partial charge in [0.2, 0.25) is 0 Å². The topological polar surface area (TPSA) is 46.3 Å². The third kappa shape index (κ3) is 2.44. The van der Waals surface area contributed by atoms with Crippen molar-refractivity contribution in [3.05, 3.63) is 53.7 Å². The first-order valence-electron chi connectivity index (χ1n) is 4.90. The number of hydrogen-bond acceptors (Lipinski definition) is 3. The average Bonchev–Trinajstić information content (AvgIpc) is 2.70. The predicted molar refractivity (Wildman–Crippen MR) is 56.3 cm³/mol. The van der Waals surface area contributed by atoms with Gasteiger partial charge >= 0.3 is 0 Å². The molecule has 0 aliphatic carbocycles. The quantitative estimate of drug-likeness (QED) is 0.832. The second-order valence-corrected chi connectivity index (χ2v) is 3.51. The fourth-order valence-corrected chi connectivity index (χ4v) is 1.49. The fourth-order valence-electron chi connectivity index (χ4n) is 1.49. The first-order chi connectivity index (χ1) is 7.25. The van der Waals surface area contributed by atoms with Crippen LogP contribution in [0.1, 0.15) is 23.3 Å². The maximum Gasteiger partial charge on any atom is 0.132 e. The van der Waals surface area contributed by atoms with Gasteiger partial charge < -0.3 is 9.52 Å². The molecule has 3 nitrogen and oxygen atoms in total. The van der Waals surface area contributed by atoms with E-state index in [1.807, 2.05) is 25.1 Å². The summed E-state index contributed by atoms with van der Waals surface area (Å²) in [6, 6.07) is 9.30. The van der Waals surface area contributed by atoms with Gasteiger partial charge in [-0.3, -0.25) is 4.98 Å². The van der Waals surface area contributed by atoms with Crippen LogP contribution in [0.2, 0.25) is 0 Å². The van der Waals surface area contributed by atoms with Gasteiger partial charge in [-0.05, 0) is 31.2 Å². The standard InChI is InChI=1S/C12H13NO2/c1-9-4-2-5-10(13-9)8-11(14)12-6-3-7-15-12/h2-7,11,14H,8H2,1H3/t11-/m0/s1. The third-order valence-electron chi connectivity index (χ3n) is 2.22. The van der Waals surface area contributed by atoms with Crippen molar-refractivity contribution in [3.8, 4) is 0 Å². The second-order valence-electron chi connectivity index (χ2n) is 3.51. The summed E-state index contributed by atoms with van der Waals surface area (Å²) < 4.78 is 5.12. The van der Waals surface area contributed by atoms with Crippen molar-refractivity contribution < 1.29 is 9.52 Å². The van der Waals surface area contributed by atoms with Crippen molar-refractivity contribution in [1.29, 1.82) is 0 Å². The Hall–Kier alpha value is -1.61. The number of hydrogen-bond donors (Lipinski definition) is 1. The number of nitrogens with zero attached hydrogens (tertiary/aromatic N) is 1. The van der Waals surface area contributed by atoms with E-state index in [1.54, 1.807) is 18.4 Å². The van der Waals surface area contributed by atoms with Crippen molar-refractivity contribution in [2.24, 2.45) is 0 Å². The van der Waals surface area contributed by atoms with E-state index in [4.69, 9.17) is 4.42 Å². The molecule has 0 aromatic carbocycles. The normalized spacial score (nSPS) is 12.7. The van der Waals surface area contributed by atoms with Crippen molar-refractivity contribution in [3.63, 3.8) is 0 Å². The Morgan fingerprint density at radius 3 is 2.87 bits per heavy atom. The van der Waals surface area contributed by atoms with Gasteiger partial charge in [0.05, 0.1) is 6.26 Å². The molecular formula is C12H13NO2. The van der Waals surface area contributed by atoms with Crippen LogP contribution in [0.15, 0.2) is 41.0 Å². The molecule has 0 radical (unpaired) electrons. The molecular weight excluding hydrogens is 190 g/mol. The summed E-state index contributed by atoms with van der Waals surface area (Å²) >= 11 is 0. The highest BCUT2D eigenvalue weighted by Crippen LogP contribution is 2.17. The zero-order valence-electron chi connectivity index (χ0n) is 8.55. The molecule has 0 saturated heterocycles. The van der Waals surface area contributed by atoms with E-state index in [0.717, 1.165) is 11.4 Å². The molecule has 0 bridgehead atoms. The Balaban J connectivity index is 2.09. The van der Waals surface area contributed by atoms with Crippen LogP contribution in [0.3, 0.4) is 0 Å². The fraction of sp³-hybridized carbons (Fsp3) is 0.250. The highest BCUT2D eigenvalue weighted by molar-refractivity contribution is 5.13. The molecule has 0 spiro atoms. The number of aliphatic hydroxyl groups is 1. The molecule has 78 valence electrons. The van der Waals surface area contributed by atoms with Crippen LogP contribution in [0, 0.1) is 6.92 Å². The lowest BCUT2D eigenvalue weighted by molar-refractivity contribution is 0.149. The minimum Gasteiger partial charge on any atom is -0.467 e. The van der Waals surface area contributed by atoms with Crippen LogP contribution >= 0.6 is 0 Å². The summed E-state index contributed by atoms with van der Waals surface area (Å²) in [5.41, 5.74) is 1.83. The van der Waals surface area contributed by atoms with E-state index in [0.29, 0.717) is 12.2 Å². The predicted octanol–water partition coefficient (Wildman–Crippen LogP) is 2.26. The number of pyridine rings is 1. The smallest absolute Gasteiger partial charge is 0.132 e. The molecule has 3 heteroatoms. The van der Waals surface area contributed by atoms with Crippen LogP contribution in [0.25, 0.3) is 0 Å². The summed E-state index contributed by atoms with van der Waals surface area (Å²) in [5.74, 6) is 0.582. The average molecular weight is 203 g/mol. The van der Waals surface area contributed by atoms with Gasteiger partial charge in [0, 0.05) is 17.8 Å². The van der Waals surface area contributed by atoms with Crippen molar-refractivity contribution in [1.82, 2.24) is 4.98 Å². The summed E-state index contributed by atoms with van der Waals surface area (Å²) in [6.07, 6.45) is 1.42. The molecule has 2 heterocycles. The van der Waals surface area contributed by atoms with E-state index in [9.17, 15) is 5.11 Å². The molecule has 0 aliphatic rings. The zero-order valence-corrected chi connectivity index (χ0v) is 8.55. The molecule has 0 amide bonds. The van der Waals surface area contributed by atoms with Gasteiger partial charge in [-0.1, -0.05) is 6.07 Å². The van der Waals surface area contributed by atoms with E-state index in [-0.39, 0.29) is 0 Å². The number of aromatic nitrogens is 1. The van der Waals surface area contributed by atoms with Crippen molar-refractivity contribution in [2.45, 2.75) is 19.4 Å². The van der Waals surface area contributed by atoms with Crippen LogP contribution in [0.5, 0.6) is 0 Å². The van der Waals surface area contributed by atoms with Crippen LogP contribution in [0.4, 0.5) is 0 Å². The van der Waals surface area contributed by atoms with Crippen molar-refractivity contribution in [2.75, 3.05) is 0 Å². The Kier molecular flexibility index (Phi) is 2.83. The second kappa shape index (κ2) is 4.28. The lowest BCUT2D eigenvalue weighted by atomic mass is 10.1. The molecule has 2 aromatic rings. The summed E-state index contributed by atoms with van der Waals surface area (Å²) in [7, 11) is 0. The maximum absolute atomic E-state index is 9.82. The first kappa shape index (κ1) is 9.93. The number of aryl methyl sites for hydroxylation is 1. The van der Waals surface area contributed by atoms with Crippen LogP contribution in [-0.4, -0.2) is 10.1 Å². The van der Waals surface area contributed by atoms with E-state index in [2.05, 4.69) is 4.98 Å². The van der Waals surface area contributed by atoms with Crippen LogP contribution in [-0.2, 0) is 6.42 Å². The summed E-state index contributed by atoms with van der Waals surface area (Å²) in [5, 5.41) is 9.82. The molecule has 2 aromatic heterocycles. The SMILES string of the molecule is Cc1cccc(C[C@H](O)c2ccco2)n1. The number of furan rings is 1. The van der Waals surface area contributed by atoms with Crippen LogP contribution < -0.4 is 0 Å². The van der Waals surface area contributed by atoms with Gasteiger partial charge in [0.25, 0.3) is 0 Å². The van der Waals surface area contributed by atoms with Crippen molar-refractivity contribution >= 4 is 0 Å². The molecule has 0 aliphatic heterocycles. The monoisotopic (exact) mass is 203 g/mol. The van der Waals surface area contributed by atoms with Gasteiger partial charge in [-0.15, -0.1) is 0 Å². The Morgan fingerprint density at radius 2 is 2.20 bits per heavy atom. The lowest BCUT2D eigenvalue weighted by Crippen LogP contribution is -2.02. The molecule has 1 atom stereocenters. The van der Waals surface area contributed by atoms with E-state index >= 15 is 0 Å². The number of rotatable bonds is 3. The molecule has 0 fully saturated rings. The highest BCUT2D eigenvalue weighted by Gasteiger charge is 2.11. The molecule has 2 rings (SSSR count). The first-order valence-corrected chi connectivity index (χ1v) is 4.90. The highest BCUT2D eigenvalue weighted by atomic mass is 16.4. The maximum atomic E-state index is 9.82. The lowest BCUT2D eigenvalue weighted by Gasteiger charge is -2.07. The summed E-state index contributed by atoms with van der Waals surface area (Å²) in [6.45, 7) is 1.93. The zero-order chi connectivity index (χ0) is 10.7. The molecule has 1 N–H and O–H groups in total. The minimum absolute atomic E-state index is 0.481. The van der Waals surface area contributed by atoms with E-state index < -0.39 is 6.10 Å². The van der Waals surface area contributed by atoms with Gasteiger partial charge in [-0.25, -0.2) is 0 Å².